The van der Waals surface area contributed by atoms with Crippen LogP contribution in [0, 0.1) is 5.41 Å². The number of hydrogen-bond acceptors (Lipinski definition) is 5. The van der Waals surface area contributed by atoms with Crippen molar-refractivity contribution in [2.24, 2.45) is 5.41 Å². The summed E-state index contributed by atoms with van der Waals surface area (Å²) in [6.07, 6.45) is -0.920. The van der Waals surface area contributed by atoms with Gasteiger partial charge in [0.1, 0.15) is 17.6 Å². The van der Waals surface area contributed by atoms with Crippen molar-refractivity contribution in [2.75, 3.05) is 14.2 Å². The number of cyclic esters (lactones) is 1. The van der Waals surface area contributed by atoms with Gasteiger partial charge >= 0.3 is 5.97 Å². The average molecular weight is 342 g/mol. The van der Waals surface area contributed by atoms with E-state index in [2.05, 4.69) is 0 Å². The Balaban J connectivity index is 1.81. The van der Waals surface area contributed by atoms with Gasteiger partial charge in [-0.05, 0) is 42.3 Å². The summed E-state index contributed by atoms with van der Waals surface area (Å²) in [5.74, 6) is 1.05. The van der Waals surface area contributed by atoms with Gasteiger partial charge in [0.05, 0.1) is 25.7 Å². The summed E-state index contributed by atoms with van der Waals surface area (Å²) in [5.41, 5.74) is 0.551. The third-order valence-electron chi connectivity index (χ3n) is 4.85. The molecule has 0 unspecified atom stereocenters. The van der Waals surface area contributed by atoms with Crippen LogP contribution in [0.25, 0.3) is 0 Å². The molecular weight excluding hydrogens is 320 g/mol. The number of aliphatic hydroxyl groups excluding tert-OH is 1. The van der Waals surface area contributed by atoms with E-state index in [-0.39, 0.29) is 6.10 Å². The fraction of sp³-hybridized carbons (Fsp3) is 0.350. The van der Waals surface area contributed by atoms with E-state index >= 15 is 0 Å². The number of carbonyl (C=O) groups excluding carboxylic acids is 1. The molecule has 5 nitrogen and oxygen atoms in total. The molecule has 2 aromatic rings. The molecule has 0 saturated carbocycles. The highest BCUT2D eigenvalue weighted by Crippen LogP contribution is 2.49. The first kappa shape index (κ1) is 17.3. The van der Waals surface area contributed by atoms with Crippen LogP contribution in [0.15, 0.2) is 48.5 Å². The molecule has 3 rings (SSSR count). The third-order valence-corrected chi connectivity index (χ3v) is 4.85. The summed E-state index contributed by atoms with van der Waals surface area (Å²) in [6.45, 7) is 1.74. The smallest absolute Gasteiger partial charge is 0.315 e. The molecule has 5 heteroatoms. The van der Waals surface area contributed by atoms with Crippen LogP contribution >= 0.6 is 0 Å². The van der Waals surface area contributed by atoms with Gasteiger partial charge in [0, 0.05) is 6.42 Å². The molecule has 0 spiro atoms. The van der Waals surface area contributed by atoms with Crippen molar-refractivity contribution in [1.29, 1.82) is 0 Å². The number of esters is 1. The predicted molar refractivity (Wildman–Crippen MR) is 92.5 cm³/mol. The van der Waals surface area contributed by atoms with Gasteiger partial charge in [0.25, 0.3) is 0 Å². The molecule has 3 atom stereocenters. The second kappa shape index (κ2) is 6.76. The zero-order chi connectivity index (χ0) is 18.0. The van der Waals surface area contributed by atoms with Gasteiger partial charge in [-0.25, -0.2) is 0 Å². The SMILES string of the molecule is COc1ccc([C@@H](O)[C@]2(C)C[C@H](c3ccc(OC)cc3)OC2=O)cc1. The maximum absolute atomic E-state index is 12.5. The van der Waals surface area contributed by atoms with Crippen molar-refractivity contribution in [3.8, 4) is 11.5 Å². The minimum absolute atomic E-state index is 0.378. The molecule has 25 heavy (non-hydrogen) atoms. The van der Waals surface area contributed by atoms with Crippen molar-refractivity contribution in [3.05, 3.63) is 59.7 Å². The van der Waals surface area contributed by atoms with Crippen LogP contribution < -0.4 is 9.47 Å². The molecule has 1 N–H and O–H groups in total. The van der Waals surface area contributed by atoms with E-state index in [4.69, 9.17) is 14.2 Å². The van der Waals surface area contributed by atoms with Gasteiger partial charge in [0.15, 0.2) is 0 Å². The summed E-state index contributed by atoms with van der Waals surface area (Å²) in [4.78, 5) is 12.5. The highest BCUT2D eigenvalue weighted by molar-refractivity contribution is 5.80. The molecule has 0 aliphatic carbocycles. The average Bonchev–Trinajstić information content (AvgIpc) is 2.97. The molecule has 0 bridgehead atoms. The van der Waals surface area contributed by atoms with E-state index in [1.54, 1.807) is 45.4 Å². The molecule has 1 aliphatic heterocycles. The second-order valence-corrected chi connectivity index (χ2v) is 6.46. The molecule has 0 radical (unpaired) electrons. The minimum atomic E-state index is -1.00. The number of aliphatic hydroxyl groups is 1. The van der Waals surface area contributed by atoms with Crippen LogP contribution in [0.1, 0.15) is 36.7 Å². The summed E-state index contributed by atoms with van der Waals surface area (Å²) in [7, 11) is 3.19. The number of hydrogen-bond donors (Lipinski definition) is 1. The lowest BCUT2D eigenvalue weighted by Gasteiger charge is -2.26. The van der Waals surface area contributed by atoms with Crippen LogP contribution in [0.4, 0.5) is 0 Å². The Labute approximate surface area is 147 Å². The Morgan fingerprint density at radius 3 is 2.08 bits per heavy atom. The Morgan fingerprint density at radius 1 is 1.04 bits per heavy atom. The lowest BCUT2D eigenvalue weighted by atomic mass is 9.77. The first-order valence-corrected chi connectivity index (χ1v) is 8.15. The molecule has 1 saturated heterocycles. The number of carbonyl (C=O) groups is 1. The van der Waals surface area contributed by atoms with E-state index in [0.29, 0.717) is 17.7 Å². The van der Waals surface area contributed by atoms with Gasteiger partial charge in [0.2, 0.25) is 0 Å². The molecule has 1 aliphatic rings. The summed E-state index contributed by atoms with van der Waals surface area (Å²) in [5, 5.41) is 10.8. The van der Waals surface area contributed by atoms with Gasteiger partial charge < -0.3 is 19.3 Å². The van der Waals surface area contributed by atoms with E-state index in [1.807, 2.05) is 24.3 Å². The Bertz CT molecular complexity index is 738. The van der Waals surface area contributed by atoms with E-state index in [9.17, 15) is 9.90 Å². The van der Waals surface area contributed by atoms with Crippen LogP contribution in [-0.2, 0) is 9.53 Å². The summed E-state index contributed by atoms with van der Waals surface area (Å²) in [6, 6.07) is 14.5. The molecule has 2 aromatic carbocycles. The second-order valence-electron chi connectivity index (χ2n) is 6.46. The number of methoxy groups -OCH3 is 2. The lowest BCUT2D eigenvalue weighted by Crippen LogP contribution is -2.30. The van der Waals surface area contributed by atoms with Crippen LogP contribution in [0.5, 0.6) is 11.5 Å². The van der Waals surface area contributed by atoms with Crippen molar-refractivity contribution < 1.29 is 24.1 Å². The highest BCUT2D eigenvalue weighted by atomic mass is 16.6. The van der Waals surface area contributed by atoms with Crippen molar-refractivity contribution >= 4 is 5.97 Å². The van der Waals surface area contributed by atoms with Crippen LogP contribution in [-0.4, -0.2) is 25.3 Å². The van der Waals surface area contributed by atoms with Crippen molar-refractivity contribution in [1.82, 2.24) is 0 Å². The van der Waals surface area contributed by atoms with Crippen LogP contribution in [0.3, 0.4) is 0 Å². The molecule has 1 fully saturated rings. The van der Waals surface area contributed by atoms with Gasteiger partial charge in [-0.3, -0.25) is 4.79 Å². The van der Waals surface area contributed by atoms with Gasteiger partial charge in [-0.15, -0.1) is 0 Å². The Hall–Kier alpha value is -2.53. The van der Waals surface area contributed by atoms with E-state index in [0.717, 1.165) is 11.3 Å². The van der Waals surface area contributed by atoms with Crippen molar-refractivity contribution in [2.45, 2.75) is 25.6 Å². The van der Waals surface area contributed by atoms with Crippen LogP contribution in [0.2, 0.25) is 0 Å². The maximum atomic E-state index is 12.5. The van der Waals surface area contributed by atoms with E-state index < -0.39 is 17.5 Å². The van der Waals surface area contributed by atoms with Gasteiger partial charge in [-0.2, -0.15) is 0 Å². The highest BCUT2D eigenvalue weighted by Gasteiger charge is 2.51. The first-order valence-electron chi connectivity index (χ1n) is 8.15. The molecule has 132 valence electrons. The largest absolute Gasteiger partial charge is 0.497 e. The fourth-order valence-corrected chi connectivity index (χ4v) is 3.16. The van der Waals surface area contributed by atoms with Gasteiger partial charge in [-0.1, -0.05) is 24.3 Å². The minimum Gasteiger partial charge on any atom is -0.497 e. The predicted octanol–water partition coefficient (Wildman–Crippen LogP) is 3.43. The zero-order valence-electron chi connectivity index (χ0n) is 14.6. The summed E-state index contributed by atoms with van der Waals surface area (Å²) < 4.78 is 15.8. The normalized spacial score (nSPS) is 23.8. The van der Waals surface area contributed by atoms with Crippen molar-refractivity contribution in [3.63, 3.8) is 0 Å². The molecule has 1 heterocycles. The quantitative estimate of drug-likeness (QED) is 0.843. The standard InChI is InChI=1S/C20H22O5/c1-20(18(21)14-6-10-16(24-3)11-7-14)12-17(25-19(20)22)13-4-8-15(23-2)9-5-13/h4-11,17-18,21H,12H2,1-3H3/t17-,18-,20+/m1/s1. The molecule has 0 aromatic heterocycles. The lowest BCUT2D eigenvalue weighted by molar-refractivity contribution is -0.153. The van der Waals surface area contributed by atoms with E-state index in [1.165, 1.54) is 0 Å². The third kappa shape index (κ3) is 3.20. The number of ether oxygens (including phenoxy) is 3. The maximum Gasteiger partial charge on any atom is 0.315 e. The number of benzene rings is 2. The molecule has 0 amide bonds. The summed E-state index contributed by atoms with van der Waals surface area (Å²) >= 11 is 0. The Kier molecular flexibility index (Phi) is 4.68. The Morgan fingerprint density at radius 2 is 1.56 bits per heavy atom. The molecular formula is C20H22O5. The monoisotopic (exact) mass is 342 g/mol. The topological polar surface area (TPSA) is 65.0 Å². The first-order chi connectivity index (χ1) is 12.0. The number of rotatable bonds is 5. The zero-order valence-corrected chi connectivity index (χ0v) is 14.6. The fourth-order valence-electron chi connectivity index (χ4n) is 3.16.